The molecule has 0 radical (unpaired) electrons. The minimum Gasteiger partial charge on any atom is -0.354 e. The summed E-state index contributed by atoms with van der Waals surface area (Å²) in [6.45, 7) is 6.55. The Kier molecular flexibility index (Phi) is 2.80. The normalized spacial score (nSPS) is 10.4. The van der Waals surface area contributed by atoms with Gasteiger partial charge in [-0.2, -0.15) is 9.67 Å². The molecule has 0 bridgehead atoms. The third-order valence-corrected chi connectivity index (χ3v) is 2.07. The fraction of sp³-hybridized carbons (Fsp3) is 0.400. The van der Waals surface area contributed by atoms with Gasteiger partial charge in [0.25, 0.3) is 0 Å². The van der Waals surface area contributed by atoms with Crippen LogP contribution in [0.3, 0.4) is 0 Å². The van der Waals surface area contributed by atoms with E-state index in [-0.39, 0.29) is 0 Å². The molecule has 6 nitrogen and oxygen atoms in total. The van der Waals surface area contributed by atoms with Crippen LogP contribution in [0.2, 0.25) is 0 Å². The first-order valence-electron chi connectivity index (χ1n) is 5.18. The average Bonchev–Trinajstić information content (AvgIpc) is 2.59. The van der Waals surface area contributed by atoms with E-state index in [1.165, 1.54) is 0 Å². The van der Waals surface area contributed by atoms with Crippen molar-refractivity contribution in [1.82, 2.24) is 24.7 Å². The fourth-order valence-electron chi connectivity index (χ4n) is 1.45. The lowest BCUT2D eigenvalue weighted by atomic mass is 10.5. The number of anilines is 1. The van der Waals surface area contributed by atoms with E-state index in [4.69, 9.17) is 0 Å². The highest BCUT2D eigenvalue weighted by Gasteiger charge is 2.06. The molecule has 0 fully saturated rings. The van der Waals surface area contributed by atoms with Crippen LogP contribution in [0.15, 0.2) is 12.3 Å². The van der Waals surface area contributed by atoms with Gasteiger partial charge in [-0.1, -0.05) is 0 Å². The van der Waals surface area contributed by atoms with E-state index >= 15 is 0 Å². The third kappa shape index (κ3) is 2.00. The Morgan fingerprint density at radius 1 is 1.31 bits per heavy atom. The lowest BCUT2D eigenvalue weighted by Crippen LogP contribution is -2.07. The summed E-state index contributed by atoms with van der Waals surface area (Å²) in [6.07, 6.45) is 1.71. The van der Waals surface area contributed by atoms with Crippen LogP contribution in [0.4, 0.5) is 5.95 Å². The Bertz CT molecular complexity index is 490. The SMILES string of the molecule is CCNc1nccc(-n2nc(C)nc2C)n1. The summed E-state index contributed by atoms with van der Waals surface area (Å²) in [4.78, 5) is 12.7. The molecule has 6 heteroatoms. The number of aromatic nitrogens is 5. The van der Waals surface area contributed by atoms with Crippen LogP contribution in [-0.2, 0) is 0 Å². The van der Waals surface area contributed by atoms with Crippen molar-refractivity contribution in [1.29, 1.82) is 0 Å². The first kappa shape index (κ1) is 10.5. The van der Waals surface area contributed by atoms with E-state index in [0.717, 1.165) is 24.0 Å². The smallest absolute Gasteiger partial charge is 0.224 e. The molecule has 2 rings (SSSR count). The zero-order valence-electron chi connectivity index (χ0n) is 9.60. The molecule has 0 spiro atoms. The Labute approximate surface area is 93.8 Å². The molecule has 0 aliphatic rings. The first-order valence-corrected chi connectivity index (χ1v) is 5.18. The molecule has 1 N–H and O–H groups in total. The van der Waals surface area contributed by atoms with Crippen LogP contribution in [0.5, 0.6) is 0 Å². The summed E-state index contributed by atoms with van der Waals surface area (Å²) in [6, 6.07) is 1.81. The van der Waals surface area contributed by atoms with Crippen molar-refractivity contribution in [3.05, 3.63) is 23.9 Å². The lowest BCUT2D eigenvalue weighted by molar-refractivity contribution is 0.798. The fourth-order valence-corrected chi connectivity index (χ4v) is 1.45. The lowest BCUT2D eigenvalue weighted by Gasteiger charge is -2.04. The van der Waals surface area contributed by atoms with Crippen molar-refractivity contribution < 1.29 is 0 Å². The predicted molar refractivity (Wildman–Crippen MR) is 60.6 cm³/mol. The summed E-state index contributed by atoms with van der Waals surface area (Å²) in [5.41, 5.74) is 0. The van der Waals surface area contributed by atoms with Gasteiger partial charge in [0.05, 0.1) is 0 Å². The molecule has 0 aliphatic carbocycles. The molecular weight excluding hydrogens is 204 g/mol. The molecule has 0 saturated carbocycles. The topological polar surface area (TPSA) is 68.5 Å². The van der Waals surface area contributed by atoms with Crippen LogP contribution >= 0.6 is 0 Å². The maximum Gasteiger partial charge on any atom is 0.224 e. The van der Waals surface area contributed by atoms with E-state index in [0.29, 0.717) is 5.95 Å². The van der Waals surface area contributed by atoms with Crippen molar-refractivity contribution in [2.24, 2.45) is 0 Å². The average molecular weight is 218 g/mol. The van der Waals surface area contributed by atoms with Gasteiger partial charge in [0.15, 0.2) is 5.82 Å². The van der Waals surface area contributed by atoms with Crippen LogP contribution < -0.4 is 5.32 Å². The van der Waals surface area contributed by atoms with E-state index in [1.54, 1.807) is 10.9 Å². The van der Waals surface area contributed by atoms with Gasteiger partial charge in [-0.15, -0.1) is 5.10 Å². The standard InChI is InChI=1S/C10H14N6/c1-4-11-10-12-6-5-9(14-10)16-8(3)13-7(2)15-16/h5-6H,4H2,1-3H3,(H,11,12,14). The van der Waals surface area contributed by atoms with E-state index < -0.39 is 0 Å². The van der Waals surface area contributed by atoms with E-state index in [9.17, 15) is 0 Å². The summed E-state index contributed by atoms with van der Waals surface area (Å²) in [5, 5.41) is 7.33. The van der Waals surface area contributed by atoms with Crippen LogP contribution in [0.1, 0.15) is 18.6 Å². The van der Waals surface area contributed by atoms with E-state index in [2.05, 4.69) is 25.4 Å². The van der Waals surface area contributed by atoms with Gasteiger partial charge in [-0.3, -0.25) is 0 Å². The first-order chi connectivity index (χ1) is 7.70. The Morgan fingerprint density at radius 2 is 2.12 bits per heavy atom. The molecule has 2 aromatic rings. The van der Waals surface area contributed by atoms with Crippen LogP contribution in [-0.4, -0.2) is 31.3 Å². The number of rotatable bonds is 3. The molecule has 16 heavy (non-hydrogen) atoms. The summed E-state index contributed by atoms with van der Waals surface area (Å²) in [5.74, 6) is 2.89. The van der Waals surface area contributed by atoms with Gasteiger partial charge >= 0.3 is 0 Å². The van der Waals surface area contributed by atoms with Crippen molar-refractivity contribution in [2.75, 3.05) is 11.9 Å². The number of nitrogens with one attached hydrogen (secondary N) is 1. The molecule has 0 aromatic carbocycles. The Balaban J connectivity index is 2.40. The maximum atomic E-state index is 4.35. The number of aryl methyl sites for hydroxylation is 2. The van der Waals surface area contributed by atoms with Crippen molar-refractivity contribution in [3.8, 4) is 5.82 Å². The van der Waals surface area contributed by atoms with Crippen molar-refractivity contribution in [3.63, 3.8) is 0 Å². The molecule has 84 valence electrons. The van der Waals surface area contributed by atoms with Crippen LogP contribution in [0.25, 0.3) is 5.82 Å². The highest BCUT2D eigenvalue weighted by Crippen LogP contribution is 2.07. The molecule has 0 saturated heterocycles. The molecule has 2 aromatic heterocycles. The van der Waals surface area contributed by atoms with Gasteiger partial charge in [0.2, 0.25) is 5.95 Å². The highest BCUT2D eigenvalue weighted by molar-refractivity contribution is 5.31. The molecule has 0 atom stereocenters. The zero-order valence-corrected chi connectivity index (χ0v) is 9.60. The third-order valence-electron chi connectivity index (χ3n) is 2.07. The van der Waals surface area contributed by atoms with E-state index in [1.807, 2.05) is 26.8 Å². The van der Waals surface area contributed by atoms with Crippen molar-refractivity contribution >= 4 is 5.95 Å². The number of hydrogen-bond donors (Lipinski definition) is 1. The molecule has 0 aliphatic heterocycles. The summed E-state index contributed by atoms with van der Waals surface area (Å²) < 4.78 is 1.71. The maximum absolute atomic E-state index is 4.35. The zero-order chi connectivity index (χ0) is 11.5. The second-order valence-electron chi connectivity index (χ2n) is 3.39. The Hall–Kier alpha value is -1.98. The minimum absolute atomic E-state index is 0.604. The van der Waals surface area contributed by atoms with Gasteiger partial charge in [0, 0.05) is 18.8 Å². The monoisotopic (exact) mass is 218 g/mol. The predicted octanol–water partition coefficient (Wildman–Crippen LogP) is 1.11. The molecule has 0 amide bonds. The second kappa shape index (κ2) is 4.26. The number of nitrogens with zero attached hydrogens (tertiary/aromatic N) is 5. The van der Waals surface area contributed by atoms with Crippen molar-refractivity contribution in [2.45, 2.75) is 20.8 Å². The Morgan fingerprint density at radius 3 is 2.75 bits per heavy atom. The van der Waals surface area contributed by atoms with Gasteiger partial charge in [0.1, 0.15) is 11.6 Å². The minimum atomic E-state index is 0.604. The van der Waals surface area contributed by atoms with Crippen LogP contribution in [0, 0.1) is 13.8 Å². The molecular formula is C10H14N6. The van der Waals surface area contributed by atoms with Gasteiger partial charge in [-0.05, 0) is 20.8 Å². The largest absolute Gasteiger partial charge is 0.354 e. The highest BCUT2D eigenvalue weighted by atomic mass is 15.4. The summed E-state index contributed by atoms with van der Waals surface area (Å²) in [7, 11) is 0. The molecule has 2 heterocycles. The number of hydrogen-bond acceptors (Lipinski definition) is 5. The van der Waals surface area contributed by atoms with Gasteiger partial charge in [-0.25, -0.2) is 9.97 Å². The quantitative estimate of drug-likeness (QED) is 0.835. The summed E-state index contributed by atoms with van der Waals surface area (Å²) >= 11 is 0. The van der Waals surface area contributed by atoms with Gasteiger partial charge < -0.3 is 5.32 Å². The molecule has 0 unspecified atom stereocenters. The second-order valence-corrected chi connectivity index (χ2v) is 3.39.